The number of anilines is 1. The normalized spacial score (nSPS) is 14.8. The fraction of sp³-hybridized carbons (Fsp3) is 0.455. The van der Waals surface area contributed by atoms with Crippen LogP contribution in [0.1, 0.15) is 56.5 Å². The number of hydrogen-bond donors (Lipinski definition) is 1. The molecule has 0 saturated carbocycles. The number of hydrogen-bond acceptors (Lipinski definition) is 4. The quantitative estimate of drug-likeness (QED) is 0.468. The van der Waals surface area contributed by atoms with E-state index >= 15 is 0 Å². The molecule has 0 heterocycles. The minimum absolute atomic E-state index is 0.365. The van der Waals surface area contributed by atoms with Crippen LogP contribution in [0, 0.1) is 0 Å². The SMILES string of the molecule is CCCCO[P@@](=O)(c1ccc(N(C)C)cc1)[C@H](O)c1ccc(C(C)C)cc1. The molecule has 2 atom stereocenters. The van der Waals surface area contributed by atoms with Gasteiger partial charge < -0.3 is 14.5 Å². The number of aliphatic hydroxyl groups excluding tert-OH is 1. The van der Waals surface area contributed by atoms with Crippen molar-refractivity contribution < 1.29 is 14.2 Å². The van der Waals surface area contributed by atoms with E-state index in [1.54, 1.807) is 12.1 Å². The minimum atomic E-state index is -3.47. The second-order valence-corrected chi connectivity index (χ2v) is 9.85. The molecule has 148 valence electrons. The second kappa shape index (κ2) is 9.54. The van der Waals surface area contributed by atoms with Crippen molar-refractivity contribution in [2.45, 2.75) is 45.4 Å². The third-order valence-electron chi connectivity index (χ3n) is 4.73. The van der Waals surface area contributed by atoms with Gasteiger partial charge in [0.15, 0.2) is 5.85 Å². The molecule has 2 rings (SSSR count). The van der Waals surface area contributed by atoms with E-state index in [4.69, 9.17) is 4.52 Å². The number of aliphatic hydroxyl groups is 1. The van der Waals surface area contributed by atoms with Crippen molar-refractivity contribution in [2.24, 2.45) is 0 Å². The molecule has 0 radical (unpaired) electrons. The summed E-state index contributed by atoms with van der Waals surface area (Å²) >= 11 is 0. The van der Waals surface area contributed by atoms with Gasteiger partial charge in [0.05, 0.1) is 6.61 Å². The lowest BCUT2D eigenvalue weighted by Gasteiger charge is -2.25. The zero-order chi connectivity index (χ0) is 20.0. The standard InChI is InChI=1S/C22H32NO3P/c1-6-7-16-26-27(25,21-14-12-20(13-15-21)23(4)5)22(24)19-10-8-18(9-11-19)17(2)3/h8-15,17,22,24H,6-7,16H2,1-5H3/t22-,27-/m0/s1. The molecule has 27 heavy (non-hydrogen) atoms. The number of unbranched alkanes of at least 4 members (excludes halogenated alkanes) is 1. The van der Waals surface area contributed by atoms with Crippen molar-refractivity contribution in [1.29, 1.82) is 0 Å². The van der Waals surface area contributed by atoms with Crippen LogP contribution in [-0.4, -0.2) is 25.8 Å². The van der Waals surface area contributed by atoms with Crippen molar-refractivity contribution in [1.82, 2.24) is 0 Å². The summed E-state index contributed by atoms with van der Waals surface area (Å²) in [5.41, 5.74) is 2.81. The largest absolute Gasteiger partial charge is 0.378 e. The van der Waals surface area contributed by atoms with E-state index in [1.165, 1.54) is 5.56 Å². The first kappa shape index (κ1) is 21.7. The Morgan fingerprint density at radius 1 is 1.00 bits per heavy atom. The lowest BCUT2D eigenvalue weighted by Crippen LogP contribution is -2.16. The van der Waals surface area contributed by atoms with Crippen LogP contribution >= 0.6 is 7.37 Å². The molecule has 0 aliphatic carbocycles. The van der Waals surface area contributed by atoms with E-state index in [9.17, 15) is 9.67 Å². The summed E-state index contributed by atoms with van der Waals surface area (Å²) in [7, 11) is 0.445. The molecule has 0 unspecified atom stereocenters. The van der Waals surface area contributed by atoms with E-state index in [1.807, 2.05) is 55.4 Å². The minimum Gasteiger partial charge on any atom is -0.378 e. The molecule has 2 aromatic carbocycles. The van der Waals surface area contributed by atoms with Crippen molar-refractivity contribution >= 4 is 18.4 Å². The third kappa shape index (κ3) is 5.22. The molecule has 0 amide bonds. The predicted octanol–water partition coefficient (Wildman–Crippen LogP) is 5.29. The van der Waals surface area contributed by atoms with Crippen LogP contribution < -0.4 is 10.2 Å². The highest BCUT2D eigenvalue weighted by Gasteiger charge is 2.36. The summed E-state index contributed by atoms with van der Waals surface area (Å²) in [5, 5.41) is 11.5. The summed E-state index contributed by atoms with van der Waals surface area (Å²) in [6.07, 6.45) is 1.75. The van der Waals surface area contributed by atoms with Crippen molar-refractivity contribution in [3.8, 4) is 0 Å². The summed E-state index contributed by atoms with van der Waals surface area (Å²) in [6.45, 7) is 6.67. The summed E-state index contributed by atoms with van der Waals surface area (Å²) < 4.78 is 19.6. The second-order valence-electron chi connectivity index (χ2n) is 7.39. The average molecular weight is 389 g/mol. The van der Waals surface area contributed by atoms with Gasteiger partial charge in [-0.15, -0.1) is 0 Å². The maximum atomic E-state index is 13.8. The van der Waals surface area contributed by atoms with Crippen LogP contribution in [0.5, 0.6) is 0 Å². The lowest BCUT2D eigenvalue weighted by atomic mass is 10.0. The first-order valence-electron chi connectivity index (χ1n) is 9.59. The number of rotatable bonds is 9. The van der Waals surface area contributed by atoms with Crippen molar-refractivity contribution in [3.05, 3.63) is 59.7 Å². The first-order chi connectivity index (χ1) is 12.8. The van der Waals surface area contributed by atoms with Gasteiger partial charge in [-0.05, 0) is 47.7 Å². The number of nitrogens with zero attached hydrogens (tertiary/aromatic N) is 1. The molecule has 0 aliphatic heterocycles. The Morgan fingerprint density at radius 3 is 2.04 bits per heavy atom. The highest BCUT2D eigenvalue weighted by atomic mass is 31.2. The fourth-order valence-electron chi connectivity index (χ4n) is 2.84. The Labute approximate surface area is 163 Å². The zero-order valence-corrected chi connectivity index (χ0v) is 17.9. The summed E-state index contributed by atoms with van der Waals surface area (Å²) in [4.78, 5) is 1.98. The maximum Gasteiger partial charge on any atom is 0.264 e. The average Bonchev–Trinajstić information content (AvgIpc) is 2.67. The van der Waals surface area contributed by atoms with E-state index in [0.29, 0.717) is 23.4 Å². The Kier molecular flexibility index (Phi) is 7.67. The molecule has 4 nitrogen and oxygen atoms in total. The zero-order valence-electron chi connectivity index (χ0n) is 17.1. The van der Waals surface area contributed by atoms with Crippen LogP contribution in [-0.2, 0) is 9.09 Å². The third-order valence-corrected chi connectivity index (χ3v) is 7.26. The van der Waals surface area contributed by atoms with Gasteiger partial charge in [0, 0.05) is 25.1 Å². The monoisotopic (exact) mass is 389 g/mol. The van der Waals surface area contributed by atoms with E-state index in [-0.39, 0.29) is 0 Å². The van der Waals surface area contributed by atoms with Gasteiger partial charge in [0.1, 0.15) is 0 Å². The molecule has 0 saturated heterocycles. The lowest BCUT2D eigenvalue weighted by molar-refractivity contribution is 0.213. The van der Waals surface area contributed by atoms with Gasteiger partial charge in [-0.25, -0.2) is 0 Å². The molecule has 5 heteroatoms. The Hall–Kier alpha value is -1.61. The van der Waals surface area contributed by atoms with Gasteiger partial charge in [0.2, 0.25) is 0 Å². The molecule has 0 spiro atoms. The van der Waals surface area contributed by atoms with Gasteiger partial charge in [-0.1, -0.05) is 51.5 Å². The first-order valence-corrected chi connectivity index (χ1v) is 11.3. The van der Waals surface area contributed by atoms with Crippen molar-refractivity contribution in [3.63, 3.8) is 0 Å². The Morgan fingerprint density at radius 2 is 1.56 bits per heavy atom. The predicted molar refractivity (Wildman–Crippen MR) is 114 cm³/mol. The van der Waals surface area contributed by atoms with Crippen LogP contribution in [0.2, 0.25) is 0 Å². The fourth-order valence-corrected chi connectivity index (χ4v) is 4.94. The topological polar surface area (TPSA) is 49.8 Å². The Balaban J connectivity index is 2.37. The number of benzene rings is 2. The van der Waals surface area contributed by atoms with Gasteiger partial charge in [0.25, 0.3) is 7.37 Å². The molecule has 1 N–H and O–H groups in total. The van der Waals surface area contributed by atoms with Gasteiger partial charge in [-0.2, -0.15) is 0 Å². The van der Waals surface area contributed by atoms with E-state index in [2.05, 4.69) is 20.8 Å². The van der Waals surface area contributed by atoms with Crippen molar-refractivity contribution in [2.75, 3.05) is 25.6 Å². The molecule has 0 fully saturated rings. The van der Waals surface area contributed by atoms with E-state index < -0.39 is 13.2 Å². The van der Waals surface area contributed by atoms with Gasteiger partial charge in [-0.3, -0.25) is 4.57 Å². The summed E-state index contributed by atoms with van der Waals surface area (Å²) in [6, 6.07) is 15.1. The van der Waals surface area contributed by atoms with Crippen LogP contribution in [0.3, 0.4) is 0 Å². The van der Waals surface area contributed by atoms with E-state index in [0.717, 1.165) is 18.5 Å². The van der Waals surface area contributed by atoms with Crippen LogP contribution in [0.15, 0.2) is 48.5 Å². The summed E-state index contributed by atoms with van der Waals surface area (Å²) in [5.74, 6) is -0.775. The highest BCUT2D eigenvalue weighted by Crippen LogP contribution is 2.57. The smallest absolute Gasteiger partial charge is 0.264 e. The van der Waals surface area contributed by atoms with Crippen LogP contribution in [0.4, 0.5) is 5.69 Å². The Bertz CT molecular complexity index is 754. The molecular weight excluding hydrogens is 357 g/mol. The molecule has 0 bridgehead atoms. The van der Waals surface area contributed by atoms with Crippen LogP contribution in [0.25, 0.3) is 0 Å². The van der Waals surface area contributed by atoms with Gasteiger partial charge >= 0.3 is 0 Å². The molecule has 0 aliphatic rings. The highest BCUT2D eigenvalue weighted by molar-refractivity contribution is 7.67. The molecule has 0 aromatic heterocycles. The molecule has 2 aromatic rings. The molecular formula is C22H32NO3P. The maximum absolute atomic E-state index is 13.8.